The summed E-state index contributed by atoms with van der Waals surface area (Å²) < 4.78 is 0. The van der Waals surface area contributed by atoms with Gasteiger partial charge in [-0.15, -0.1) is 0 Å². The molecule has 2 aliphatic heterocycles. The van der Waals surface area contributed by atoms with Crippen molar-refractivity contribution in [3.8, 4) is 5.75 Å². The molecule has 1 aromatic rings. The number of nitrogens with zero attached hydrogens (tertiary/aromatic N) is 1. The summed E-state index contributed by atoms with van der Waals surface area (Å²) in [5, 5.41) is 27.0. The van der Waals surface area contributed by atoms with Gasteiger partial charge in [0.25, 0.3) is 5.91 Å². The molecule has 2 aliphatic rings. The molecule has 16 N–H and O–H groups in total. The molecule has 2 fully saturated rings. The molecule has 2 heterocycles. The number of hydrogen-bond acceptors (Lipinski definition) is 16. The molecule has 1 aromatic carbocycles. The number of carbonyl (C=O) groups is 12. The number of benzene rings is 1. The van der Waals surface area contributed by atoms with Gasteiger partial charge in [-0.05, 0) is 61.8 Å². The lowest BCUT2D eigenvalue weighted by atomic mass is 9.96. The summed E-state index contributed by atoms with van der Waals surface area (Å²) in [4.78, 5) is 162. The van der Waals surface area contributed by atoms with Crippen molar-refractivity contribution in [2.45, 2.75) is 121 Å². The molecule has 25 nitrogen and oxygen atoms in total. The number of aromatic hydroxyl groups is 1. The van der Waals surface area contributed by atoms with E-state index in [1.807, 2.05) is 0 Å². The SMILES string of the molecule is CC[C@H](C)[C@@H]1NC(=O)[C@H](C(=O)c2ccc(O)cc2)NC(=O)[C@@H](N)CSSC[C@@H](C(=O)N2CCC[C@H]2C(=O)N[C@@H](CC(C)C)C(=O)NCC(N)=O)NC(=O)[C@H](CC(N)=O)NC(=O)[C@H](CCC(N)=O)NC1=O. The predicted molar refractivity (Wildman–Crippen MR) is 255 cm³/mol. The summed E-state index contributed by atoms with van der Waals surface area (Å²) in [6.07, 6.45) is -0.884. The number of nitrogens with two attached hydrogens (primary N) is 4. The van der Waals surface area contributed by atoms with Gasteiger partial charge in [0.2, 0.25) is 59.1 Å². The molecule has 0 saturated carbocycles. The molecular weight excluding hydrogens is 957 g/mol. The minimum absolute atomic E-state index is 0.0206. The Bertz CT molecular complexity index is 2130. The fraction of sp³-hybridized carbons (Fsp3) is 0.581. The lowest BCUT2D eigenvalue weighted by Gasteiger charge is -2.31. The van der Waals surface area contributed by atoms with Crippen LogP contribution in [0, 0.1) is 11.8 Å². The van der Waals surface area contributed by atoms with Crippen molar-refractivity contribution in [2.24, 2.45) is 34.8 Å². The zero-order valence-corrected chi connectivity index (χ0v) is 40.9. The standard InChI is InChI=1S/C43H64N12O13S2/c1-5-21(4)33-41(66)49-25(12-13-30(45)57)38(63)50-27(16-31(46)58)39(64)52-28(43(68)55-14-6-7-29(55)40(65)51-26(15-20(2)3)37(62)48-17-32(47)59)19-70-69-18-24(44)36(61)54-34(42(67)53-33)35(60)22-8-10-23(56)11-9-22/h8-11,20-21,24-29,33-34,56H,5-7,12-19,44H2,1-4H3,(H2,45,57)(H2,46,58)(H2,47,59)(H,48,62)(H,49,66)(H,50,63)(H,51,65)(H,52,64)(H,53,67)(H,54,61)/t21-,24-,25-,26-,27-,28-,29-,33-,34-/m0/s1. The fourth-order valence-electron chi connectivity index (χ4n) is 7.26. The van der Waals surface area contributed by atoms with E-state index in [0.29, 0.717) is 6.42 Å². The number of rotatable bonds is 17. The summed E-state index contributed by atoms with van der Waals surface area (Å²) in [5.41, 5.74) is 22.2. The summed E-state index contributed by atoms with van der Waals surface area (Å²) in [6.45, 7) is 6.39. The highest BCUT2D eigenvalue weighted by atomic mass is 33.1. The topological polar surface area (TPSA) is 417 Å². The summed E-state index contributed by atoms with van der Waals surface area (Å²) >= 11 is 0. The largest absolute Gasteiger partial charge is 0.508 e. The molecule has 11 amide bonds. The van der Waals surface area contributed by atoms with Crippen molar-refractivity contribution in [3.05, 3.63) is 29.8 Å². The molecule has 0 aliphatic carbocycles. The van der Waals surface area contributed by atoms with E-state index >= 15 is 0 Å². The van der Waals surface area contributed by atoms with Crippen LogP contribution in [0.25, 0.3) is 0 Å². The average Bonchev–Trinajstić information content (AvgIpc) is 3.80. The Kier molecular flexibility index (Phi) is 22.8. The van der Waals surface area contributed by atoms with Gasteiger partial charge in [0, 0.05) is 30.0 Å². The number of Topliss-reactive ketones (excluding diaryl/α,β-unsaturated/α-hetero) is 1. The molecule has 9 atom stereocenters. The molecule has 0 bridgehead atoms. The van der Waals surface area contributed by atoms with Crippen molar-refractivity contribution in [1.82, 2.24) is 42.1 Å². The number of phenolic OH excluding ortho intramolecular Hbond substituents is 1. The summed E-state index contributed by atoms with van der Waals surface area (Å²) in [7, 11) is 1.90. The maximum Gasteiger partial charge on any atom is 0.251 e. The number of amides is 11. The van der Waals surface area contributed by atoms with Crippen LogP contribution in [0.5, 0.6) is 5.75 Å². The molecule has 0 radical (unpaired) electrons. The zero-order valence-electron chi connectivity index (χ0n) is 39.3. The monoisotopic (exact) mass is 1020 g/mol. The normalized spacial score (nSPS) is 24.1. The van der Waals surface area contributed by atoms with Gasteiger partial charge < -0.3 is 70.2 Å². The number of carbonyl (C=O) groups excluding carboxylic acids is 12. The van der Waals surface area contributed by atoms with Gasteiger partial charge in [-0.25, -0.2) is 0 Å². The Morgan fingerprint density at radius 2 is 1.41 bits per heavy atom. The number of likely N-dealkylation sites (tertiary alicyclic amines) is 1. The molecule has 0 spiro atoms. The van der Waals surface area contributed by atoms with Crippen molar-refractivity contribution in [1.29, 1.82) is 0 Å². The van der Waals surface area contributed by atoms with E-state index in [0.717, 1.165) is 21.6 Å². The second-order valence-corrected chi connectivity index (χ2v) is 19.9. The van der Waals surface area contributed by atoms with Crippen molar-refractivity contribution in [2.75, 3.05) is 24.6 Å². The first kappa shape index (κ1) is 57.8. The van der Waals surface area contributed by atoms with Gasteiger partial charge in [0.15, 0.2) is 11.8 Å². The molecule has 0 aromatic heterocycles. The summed E-state index contributed by atoms with van der Waals surface area (Å²) in [5.74, 6) is -12.7. The zero-order chi connectivity index (χ0) is 52.4. The van der Waals surface area contributed by atoms with Crippen LogP contribution in [-0.2, 0) is 52.7 Å². The maximum atomic E-state index is 14.5. The number of primary amides is 3. The fourth-order valence-corrected chi connectivity index (χ4v) is 9.54. The van der Waals surface area contributed by atoms with Crippen LogP contribution in [0.15, 0.2) is 24.3 Å². The van der Waals surface area contributed by atoms with Gasteiger partial charge in [-0.3, -0.25) is 57.5 Å². The first-order valence-electron chi connectivity index (χ1n) is 22.5. The van der Waals surface area contributed by atoms with Crippen LogP contribution in [0.2, 0.25) is 0 Å². The highest BCUT2D eigenvalue weighted by Crippen LogP contribution is 2.26. The molecule has 3 rings (SSSR count). The molecule has 386 valence electrons. The lowest BCUT2D eigenvalue weighted by Crippen LogP contribution is -2.62. The Balaban J connectivity index is 2.08. The van der Waals surface area contributed by atoms with E-state index in [2.05, 4.69) is 37.2 Å². The third-order valence-electron chi connectivity index (χ3n) is 11.2. The quantitative estimate of drug-likeness (QED) is 0.0402. The number of ketones is 1. The van der Waals surface area contributed by atoms with Gasteiger partial charge in [-0.1, -0.05) is 55.7 Å². The Labute approximate surface area is 411 Å². The third kappa shape index (κ3) is 17.8. The van der Waals surface area contributed by atoms with E-state index in [4.69, 9.17) is 22.9 Å². The molecule has 2 saturated heterocycles. The Morgan fingerprint density at radius 1 is 0.786 bits per heavy atom. The smallest absolute Gasteiger partial charge is 0.251 e. The third-order valence-corrected chi connectivity index (χ3v) is 13.7. The van der Waals surface area contributed by atoms with E-state index in [1.165, 1.54) is 29.2 Å². The number of phenols is 1. The minimum Gasteiger partial charge on any atom is -0.508 e. The van der Waals surface area contributed by atoms with Gasteiger partial charge in [-0.2, -0.15) is 0 Å². The van der Waals surface area contributed by atoms with Crippen molar-refractivity contribution in [3.63, 3.8) is 0 Å². The molecule has 27 heteroatoms. The number of nitrogens with one attached hydrogen (secondary N) is 7. The van der Waals surface area contributed by atoms with E-state index in [-0.39, 0.29) is 54.5 Å². The van der Waals surface area contributed by atoms with E-state index in [1.54, 1.807) is 27.7 Å². The van der Waals surface area contributed by atoms with Gasteiger partial charge in [0.1, 0.15) is 42.0 Å². The van der Waals surface area contributed by atoms with Gasteiger partial charge >= 0.3 is 0 Å². The lowest BCUT2D eigenvalue weighted by molar-refractivity contribution is -0.142. The van der Waals surface area contributed by atoms with Crippen LogP contribution in [0.1, 0.15) is 83.0 Å². The molecule has 70 heavy (non-hydrogen) atoms. The van der Waals surface area contributed by atoms with Crippen LogP contribution in [-0.4, -0.2) is 154 Å². The van der Waals surface area contributed by atoms with E-state index in [9.17, 15) is 62.6 Å². The second kappa shape index (κ2) is 27.6. The highest BCUT2D eigenvalue weighted by molar-refractivity contribution is 8.76. The van der Waals surface area contributed by atoms with Crippen molar-refractivity contribution < 1.29 is 62.6 Å². The molecular formula is C43H64N12O13S2. The first-order valence-corrected chi connectivity index (χ1v) is 25.0. The predicted octanol–water partition coefficient (Wildman–Crippen LogP) is -3.97. The maximum absolute atomic E-state index is 14.5. The van der Waals surface area contributed by atoms with Crippen LogP contribution < -0.4 is 60.2 Å². The highest BCUT2D eigenvalue weighted by Gasteiger charge is 2.41. The Morgan fingerprint density at radius 3 is 2.01 bits per heavy atom. The van der Waals surface area contributed by atoms with Gasteiger partial charge in [0.05, 0.1) is 19.0 Å². The second-order valence-electron chi connectivity index (χ2n) is 17.3. The van der Waals surface area contributed by atoms with E-state index < -0.39 is 151 Å². The van der Waals surface area contributed by atoms with Crippen LogP contribution >= 0.6 is 21.6 Å². The minimum atomic E-state index is -1.98. The van der Waals surface area contributed by atoms with Crippen LogP contribution in [0.3, 0.4) is 0 Å². The number of hydrogen-bond donors (Lipinski definition) is 12. The summed E-state index contributed by atoms with van der Waals surface area (Å²) in [6, 6.07) is -7.34. The van der Waals surface area contributed by atoms with Crippen LogP contribution in [0.4, 0.5) is 0 Å². The first-order chi connectivity index (χ1) is 32.9. The molecule has 0 unspecified atom stereocenters. The van der Waals surface area contributed by atoms with Crippen molar-refractivity contribution >= 4 is 92.4 Å². The average molecular weight is 1020 g/mol. The Hall–Kier alpha value is -6.48.